The molecule has 0 spiro atoms. The van der Waals surface area contributed by atoms with Crippen LogP contribution in [0.1, 0.15) is 45.2 Å². The molecule has 1 aromatic rings. The molecule has 1 amide bonds. The number of nitrogens with one attached hydrogen (secondary N) is 1. The van der Waals surface area contributed by atoms with Crippen LogP contribution < -0.4 is 10.1 Å². The van der Waals surface area contributed by atoms with Crippen LogP contribution >= 0.6 is 0 Å². The first kappa shape index (κ1) is 25.2. The van der Waals surface area contributed by atoms with Crippen molar-refractivity contribution in [1.82, 2.24) is 5.32 Å². The molecule has 28 heavy (non-hydrogen) atoms. The summed E-state index contributed by atoms with van der Waals surface area (Å²) in [5.74, 6) is -0.0989. The Morgan fingerprint density at radius 3 is 2.25 bits per heavy atom. The molecule has 0 aliphatic heterocycles. The molecule has 0 saturated heterocycles. The fourth-order valence-corrected chi connectivity index (χ4v) is 2.11. The fourth-order valence-electron chi connectivity index (χ4n) is 2.11. The number of benzene rings is 1. The molecule has 0 aliphatic carbocycles. The molecule has 0 aromatic heterocycles. The van der Waals surface area contributed by atoms with Crippen LogP contribution in [0.5, 0.6) is 5.75 Å². The van der Waals surface area contributed by atoms with Crippen LogP contribution in [-0.4, -0.2) is 44.2 Å². The maximum absolute atomic E-state index is 11.1. The van der Waals surface area contributed by atoms with Gasteiger partial charge in [0, 0.05) is 13.0 Å². The van der Waals surface area contributed by atoms with Gasteiger partial charge in [0.1, 0.15) is 11.8 Å². The molecule has 0 aliphatic rings. The summed E-state index contributed by atoms with van der Waals surface area (Å²) >= 11 is 0. The molecular weight excluding hydrogens is 362 g/mol. The molecule has 1 rings (SSSR count). The second-order valence-corrected chi connectivity index (χ2v) is 5.73. The zero-order valence-electron chi connectivity index (χ0n) is 17.5. The van der Waals surface area contributed by atoms with E-state index in [4.69, 9.17) is 14.2 Å². The van der Waals surface area contributed by atoms with Crippen molar-refractivity contribution in [3.63, 3.8) is 0 Å². The predicted molar refractivity (Wildman–Crippen MR) is 108 cm³/mol. The molecule has 7 heteroatoms. The Hall–Kier alpha value is -2.83. The van der Waals surface area contributed by atoms with Gasteiger partial charge in [0.15, 0.2) is 0 Å². The SMILES string of the molecule is CCOC(=O)/C=C/c1ccc(C)c(OC)c1.CCOC(=O)C(CC)NC(C)=O. The van der Waals surface area contributed by atoms with Gasteiger partial charge in [0.2, 0.25) is 5.91 Å². The highest BCUT2D eigenvalue weighted by molar-refractivity contribution is 5.87. The van der Waals surface area contributed by atoms with Crippen LogP contribution in [-0.2, 0) is 23.9 Å². The number of esters is 2. The van der Waals surface area contributed by atoms with Gasteiger partial charge < -0.3 is 19.5 Å². The Bertz CT molecular complexity index is 669. The largest absolute Gasteiger partial charge is 0.496 e. The zero-order chi connectivity index (χ0) is 21.5. The lowest BCUT2D eigenvalue weighted by molar-refractivity contribution is -0.147. The summed E-state index contributed by atoms with van der Waals surface area (Å²) in [6.45, 7) is 9.41. The number of ether oxygens (including phenoxy) is 3. The maximum Gasteiger partial charge on any atom is 0.330 e. The van der Waals surface area contributed by atoms with E-state index >= 15 is 0 Å². The van der Waals surface area contributed by atoms with Crippen LogP contribution in [0.15, 0.2) is 24.3 Å². The molecule has 0 fully saturated rings. The van der Waals surface area contributed by atoms with Crippen molar-refractivity contribution in [2.75, 3.05) is 20.3 Å². The number of hydrogen-bond donors (Lipinski definition) is 1. The quantitative estimate of drug-likeness (QED) is 0.539. The first-order chi connectivity index (χ1) is 13.3. The third kappa shape index (κ3) is 10.4. The van der Waals surface area contributed by atoms with Gasteiger partial charge in [0.25, 0.3) is 0 Å². The second-order valence-electron chi connectivity index (χ2n) is 5.73. The molecule has 156 valence electrons. The van der Waals surface area contributed by atoms with E-state index in [1.54, 1.807) is 27.0 Å². The molecular formula is C21H31NO6. The summed E-state index contributed by atoms with van der Waals surface area (Å²) in [5, 5.41) is 2.50. The Morgan fingerprint density at radius 1 is 1.11 bits per heavy atom. The predicted octanol–water partition coefficient (Wildman–Crippen LogP) is 3.04. The van der Waals surface area contributed by atoms with E-state index in [-0.39, 0.29) is 17.8 Å². The summed E-state index contributed by atoms with van der Waals surface area (Å²) in [5.41, 5.74) is 1.98. The summed E-state index contributed by atoms with van der Waals surface area (Å²) < 4.78 is 14.7. The van der Waals surface area contributed by atoms with Crippen LogP contribution in [0.3, 0.4) is 0 Å². The second kappa shape index (κ2) is 14.3. The van der Waals surface area contributed by atoms with Crippen molar-refractivity contribution < 1.29 is 28.6 Å². The van der Waals surface area contributed by atoms with Gasteiger partial charge in [-0.1, -0.05) is 19.1 Å². The van der Waals surface area contributed by atoms with Crippen molar-refractivity contribution in [2.45, 2.75) is 47.1 Å². The summed E-state index contributed by atoms with van der Waals surface area (Å²) in [6.07, 6.45) is 3.67. The Balaban J connectivity index is 0.000000546. The highest BCUT2D eigenvalue weighted by Crippen LogP contribution is 2.19. The van der Waals surface area contributed by atoms with E-state index in [9.17, 15) is 14.4 Å². The standard InChI is InChI=1S/C13H16O3.C8H15NO3/c1-4-16-13(14)8-7-11-6-5-10(2)12(9-11)15-3;1-4-7(9-6(3)10)8(11)12-5-2/h5-9H,4H2,1-3H3;7H,4-5H2,1-3H3,(H,9,10)/b8-7+;. The zero-order valence-corrected chi connectivity index (χ0v) is 17.5. The lowest BCUT2D eigenvalue weighted by atomic mass is 10.1. The van der Waals surface area contributed by atoms with Crippen LogP contribution in [0, 0.1) is 6.92 Å². The molecule has 0 saturated carbocycles. The van der Waals surface area contributed by atoms with Gasteiger partial charge in [0.05, 0.1) is 20.3 Å². The van der Waals surface area contributed by atoms with Gasteiger partial charge in [-0.2, -0.15) is 0 Å². The number of carbonyl (C=O) groups excluding carboxylic acids is 3. The molecule has 1 unspecified atom stereocenters. The molecule has 0 bridgehead atoms. The van der Waals surface area contributed by atoms with E-state index in [0.717, 1.165) is 16.9 Å². The monoisotopic (exact) mass is 393 g/mol. The van der Waals surface area contributed by atoms with E-state index in [1.807, 2.05) is 32.0 Å². The average molecular weight is 393 g/mol. The van der Waals surface area contributed by atoms with Gasteiger partial charge in [-0.3, -0.25) is 4.79 Å². The third-order valence-corrected chi connectivity index (χ3v) is 3.49. The normalized spacial score (nSPS) is 11.1. The first-order valence-electron chi connectivity index (χ1n) is 9.22. The average Bonchev–Trinajstić information content (AvgIpc) is 2.66. The fraction of sp³-hybridized carbons (Fsp3) is 0.476. The number of amides is 1. The minimum atomic E-state index is -0.498. The smallest absolute Gasteiger partial charge is 0.330 e. The van der Waals surface area contributed by atoms with Gasteiger partial charge >= 0.3 is 11.9 Å². The molecule has 1 N–H and O–H groups in total. The summed E-state index contributed by atoms with van der Waals surface area (Å²) in [6, 6.07) is 5.25. The lowest BCUT2D eigenvalue weighted by Crippen LogP contribution is -2.40. The van der Waals surface area contributed by atoms with Crippen LogP contribution in [0.4, 0.5) is 0 Å². The number of methoxy groups -OCH3 is 1. The van der Waals surface area contributed by atoms with Gasteiger partial charge in [-0.05, 0) is 50.5 Å². The third-order valence-electron chi connectivity index (χ3n) is 3.49. The van der Waals surface area contributed by atoms with Crippen LogP contribution in [0.25, 0.3) is 6.08 Å². The minimum absolute atomic E-state index is 0.213. The Labute approximate surface area is 167 Å². The van der Waals surface area contributed by atoms with Gasteiger partial charge in [-0.15, -0.1) is 0 Å². The van der Waals surface area contributed by atoms with Crippen molar-refractivity contribution in [3.05, 3.63) is 35.4 Å². The molecule has 7 nitrogen and oxygen atoms in total. The Kier molecular flexibility index (Phi) is 12.8. The van der Waals surface area contributed by atoms with E-state index < -0.39 is 6.04 Å². The Morgan fingerprint density at radius 2 is 1.75 bits per heavy atom. The number of rotatable bonds is 8. The highest BCUT2D eigenvalue weighted by Gasteiger charge is 2.17. The minimum Gasteiger partial charge on any atom is -0.496 e. The number of aryl methyl sites for hydroxylation is 1. The molecule has 0 heterocycles. The van der Waals surface area contributed by atoms with Crippen molar-refractivity contribution >= 4 is 23.9 Å². The maximum atomic E-state index is 11.1. The van der Waals surface area contributed by atoms with Crippen LogP contribution in [0.2, 0.25) is 0 Å². The number of hydrogen-bond acceptors (Lipinski definition) is 6. The summed E-state index contributed by atoms with van der Waals surface area (Å²) in [7, 11) is 1.63. The van der Waals surface area contributed by atoms with Crippen molar-refractivity contribution in [2.24, 2.45) is 0 Å². The molecule has 1 atom stereocenters. The van der Waals surface area contributed by atoms with E-state index in [0.29, 0.717) is 19.6 Å². The first-order valence-corrected chi connectivity index (χ1v) is 9.22. The van der Waals surface area contributed by atoms with Crippen molar-refractivity contribution in [3.8, 4) is 5.75 Å². The number of carbonyl (C=O) groups is 3. The highest BCUT2D eigenvalue weighted by atomic mass is 16.5. The van der Waals surface area contributed by atoms with E-state index in [1.165, 1.54) is 13.0 Å². The lowest BCUT2D eigenvalue weighted by Gasteiger charge is -2.13. The van der Waals surface area contributed by atoms with Gasteiger partial charge in [-0.25, -0.2) is 9.59 Å². The molecule has 0 radical (unpaired) electrons. The van der Waals surface area contributed by atoms with E-state index in [2.05, 4.69) is 5.32 Å². The molecule has 1 aromatic carbocycles. The van der Waals surface area contributed by atoms with Crippen molar-refractivity contribution in [1.29, 1.82) is 0 Å². The summed E-state index contributed by atoms with van der Waals surface area (Å²) in [4.78, 5) is 32.8. The topological polar surface area (TPSA) is 90.9 Å².